The number of carbonyl (C=O) groups excluding carboxylic acids is 2. The van der Waals surface area contributed by atoms with Crippen LogP contribution in [0.5, 0.6) is 5.75 Å². The number of nitrogens with zero attached hydrogens (tertiary/aromatic N) is 1. The monoisotopic (exact) mass is 485 g/mol. The zero-order valence-corrected chi connectivity index (χ0v) is 20.4. The maximum Gasteiger partial charge on any atom is 0.246 e. The number of hydrogen-bond donors (Lipinski definition) is 2. The van der Waals surface area contributed by atoms with Crippen LogP contribution in [0.1, 0.15) is 31.7 Å². The van der Waals surface area contributed by atoms with Gasteiger partial charge in [0.25, 0.3) is 0 Å². The Bertz CT molecular complexity index is 1140. The molecule has 2 amide bonds. The van der Waals surface area contributed by atoms with Crippen LogP contribution in [0.15, 0.2) is 66.1 Å². The van der Waals surface area contributed by atoms with E-state index in [1.165, 1.54) is 29.6 Å². The normalized spacial score (nSPS) is 15.8. The molecule has 3 rings (SSSR count). The molecule has 0 aliphatic carbocycles. The van der Waals surface area contributed by atoms with Crippen LogP contribution in [0.3, 0.4) is 0 Å². The van der Waals surface area contributed by atoms with Crippen LogP contribution in [0, 0.1) is 0 Å². The lowest BCUT2D eigenvalue weighted by Crippen LogP contribution is -2.54. The quantitative estimate of drug-likeness (QED) is 0.531. The molecule has 182 valence electrons. The molecule has 1 fully saturated rings. The SMILES string of the molecule is C=CC(=O)NC1(C)CCN(S(=O)(=O)c2ccc(NC(=O)CCc3ccccc3)cc2OC)CC1. The molecular formula is C25H31N3O5S. The highest BCUT2D eigenvalue weighted by Gasteiger charge is 2.37. The van der Waals surface area contributed by atoms with E-state index in [9.17, 15) is 18.0 Å². The largest absolute Gasteiger partial charge is 0.495 e. The smallest absolute Gasteiger partial charge is 0.246 e. The van der Waals surface area contributed by atoms with Gasteiger partial charge in [0.1, 0.15) is 10.6 Å². The molecule has 8 nitrogen and oxygen atoms in total. The molecule has 0 saturated carbocycles. The van der Waals surface area contributed by atoms with E-state index < -0.39 is 15.6 Å². The van der Waals surface area contributed by atoms with Crippen molar-refractivity contribution in [3.63, 3.8) is 0 Å². The summed E-state index contributed by atoms with van der Waals surface area (Å²) in [6.07, 6.45) is 3.08. The van der Waals surface area contributed by atoms with Gasteiger partial charge in [0.05, 0.1) is 7.11 Å². The van der Waals surface area contributed by atoms with E-state index in [0.29, 0.717) is 31.4 Å². The van der Waals surface area contributed by atoms with E-state index in [2.05, 4.69) is 17.2 Å². The number of ether oxygens (including phenoxy) is 1. The summed E-state index contributed by atoms with van der Waals surface area (Å²) in [4.78, 5) is 24.1. The number of aryl methyl sites for hydroxylation is 1. The van der Waals surface area contributed by atoms with Crippen LogP contribution in [-0.4, -0.2) is 50.3 Å². The summed E-state index contributed by atoms with van der Waals surface area (Å²) in [7, 11) is -2.42. The van der Waals surface area contributed by atoms with Gasteiger partial charge in [0.15, 0.2) is 0 Å². The van der Waals surface area contributed by atoms with Gasteiger partial charge in [0.2, 0.25) is 21.8 Å². The summed E-state index contributed by atoms with van der Waals surface area (Å²) in [6.45, 7) is 5.88. The molecule has 2 aromatic rings. The molecule has 1 aliphatic heterocycles. The van der Waals surface area contributed by atoms with Crippen molar-refractivity contribution >= 4 is 27.5 Å². The van der Waals surface area contributed by atoms with E-state index in [1.54, 1.807) is 6.07 Å². The van der Waals surface area contributed by atoms with Crippen molar-refractivity contribution in [2.24, 2.45) is 0 Å². The number of carbonyl (C=O) groups is 2. The van der Waals surface area contributed by atoms with Crippen molar-refractivity contribution in [1.29, 1.82) is 0 Å². The van der Waals surface area contributed by atoms with E-state index in [4.69, 9.17) is 4.74 Å². The van der Waals surface area contributed by atoms with Gasteiger partial charge in [-0.25, -0.2) is 8.42 Å². The highest BCUT2D eigenvalue weighted by molar-refractivity contribution is 7.89. The van der Waals surface area contributed by atoms with Gasteiger partial charge in [-0.2, -0.15) is 4.31 Å². The second-order valence-electron chi connectivity index (χ2n) is 8.56. The van der Waals surface area contributed by atoms with Gasteiger partial charge in [-0.15, -0.1) is 0 Å². The third kappa shape index (κ3) is 6.24. The minimum Gasteiger partial charge on any atom is -0.495 e. The summed E-state index contributed by atoms with van der Waals surface area (Å²) in [5.74, 6) is -0.283. The van der Waals surface area contributed by atoms with Crippen LogP contribution in [0.4, 0.5) is 5.69 Å². The van der Waals surface area contributed by atoms with Crippen molar-refractivity contribution in [3.8, 4) is 5.75 Å². The molecule has 0 bridgehead atoms. The first kappa shape index (κ1) is 25.5. The highest BCUT2D eigenvalue weighted by Crippen LogP contribution is 2.33. The number of amides is 2. The van der Waals surface area contributed by atoms with Gasteiger partial charge in [0, 0.05) is 36.8 Å². The minimum absolute atomic E-state index is 0.0380. The van der Waals surface area contributed by atoms with E-state index in [-0.39, 0.29) is 35.5 Å². The first-order valence-electron chi connectivity index (χ1n) is 11.1. The maximum absolute atomic E-state index is 13.3. The number of piperidine rings is 1. The summed E-state index contributed by atoms with van der Waals surface area (Å²) < 4.78 is 33.4. The van der Waals surface area contributed by atoms with E-state index in [0.717, 1.165) is 5.56 Å². The lowest BCUT2D eigenvalue weighted by Gasteiger charge is -2.39. The fourth-order valence-corrected chi connectivity index (χ4v) is 5.50. The summed E-state index contributed by atoms with van der Waals surface area (Å²) in [5, 5.41) is 5.69. The Hall–Kier alpha value is -3.17. The summed E-state index contributed by atoms with van der Waals surface area (Å²) in [6, 6.07) is 14.2. The fourth-order valence-electron chi connectivity index (χ4n) is 3.92. The molecule has 1 saturated heterocycles. The molecule has 0 unspecified atom stereocenters. The number of hydrogen-bond acceptors (Lipinski definition) is 5. The Morgan fingerprint density at radius 1 is 1.15 bits per heavy atom. The molecule has 9 heteroatoms. The molecule has 2 N–H and O–H groups in total. The number of benzene rings is 2. The number of nitrogens with one attached hydrogen (secondary N) is 2. The first-order valence-corrected chi connectivity index (χ1v) is 12.6. The fraction of sp³-hybridized carbons (Fsp3) is 0.360. The number of anilines is 1. The molecule has 0 atom stereocenters. The molecule has 1 aliphatic rings. The Labute approximate surface area is 201 Å². The summed E-state index contributed by atoms with van der Waals surface area (Å²) in [5.41, 5.74) is 1.04. The van der Waals surface area contributed by atoms with E-state index >= 15 is 0 Å². The predicted molar refractivity (Wildman–Crippen MR) is 131 cm³/mol. The Morgan fingerprint density at radius 2 is 1.82 bits per heavy atom. The Kier molecular flexibility index (Phi) is 8.11. The lowest BCUT2D eigenvalue weighted by molar-refractivity contribution is -0.118. The predicted octanol–water partition coefficient (Wildman–Crippen LogP) is 3.11. The summed E-state index contributed by atoms with van der Waals surface area (Å²) >= 11 is 0. The Balaban J connectivity index is 1.66. The number of sulfonamides is 1. The minimum atomic E-state index is -3.82. The second-order valence-corrected chi connectivity index (χ2v) is 10.5. The first-order chi connectivity index (χ1) is 16.2. The zero-order valence-electron chi connectivity index (χ0n) is 19.5. The highest BCUT2D eigenvalue weighted by atomic mass is 32.2. The van der Waals surface area contributed by atoms with Crippen LogP contribution in [0.25, 0.3) is 0 Å². The van der Waals surface area contributed by atoms with Crippen LogP contribution in [-0.2, 0) is 26.0 Å². The maximum atomic E-state index is 13.3. The van der Waals surface area contributed by atoms with Crippen LogP contribution >= 0.6 is 0 Å². The van der Waals surface area contributed by atoms with Crippen molar-refractivity contribution in [2.45, 2.75) is 43.0 Å². The second kappa shape index (κ2) is 10.8. The molecule has 0 aromatic heterocycles. The Morgan fingerprint density at radius 3 is 2.44 bits per heavy atom. The molecular weight excluding hydrogens is 454 g/mol. The lowest BCUT2D eigenvalue weighted by atomic mass is 9.90. The standard InChI is InChI=1S/C25H31N3O5S/c1-4-23(29)27-25(2)14-16-28(17-15-25)34(31,32)22-12-11-20(18-21(22)33-3)26-24(30)13-10-19-8-6-5-7-9-19/h4-9,11-12,18H,1,10,13-17H2,2-3H3,(H,26,30)(H,27,29). The molecule has 2 aromatic carbocycles. The average molecular weight is 486 g/mol. The third-order valence-electron chi connectivity index (χ3n) is 5.99. The van der Waals surface area contributed by atoms with Crippen LogP contribution in [0.2, 0.25) is 0 Å². The van der Waals surface area contributed by atoms with Crippen molar-refractivity contribution in [2.75, 3.05) is 25.5 Å². The average Bonchev–Trinajstić information content (AvgIpc) is 2.83. The molecule has 1 heterocycles. The number of rotatable bonds is 9. The van der Waals surface area contributed by atoms with Gasteiger partial charge in [-0.1, -0.05) is 36.9 Å². The van der Waals surface area contributed by atoms with Crippen molar-refractivity contribution in [1.82, 2.24) is 9.62 Å². The van der Waals surface area contributed by atoms with Gasteiger partial charge < -0.3 is 15.4 Å². The third-order valence-corrected chi connectivity index (χ3v) is 7.92. The van der Waals surface area contributed by atoms with Gasteiger partial charge in [-0.3, -0.25) is 9.59 Å². The molecule has 0 radical (unpaired) electrons. The number of methoxy groups -OCH3 is 1. The topological polar surface area (TPSA) is 105 Å². The van der Waals surface area contributed by atoms with E-state index in [1.807, 2.05) is 37.3 Å². The molecule has 34 heavy (non-hydrogen) atoms. The zero-order chi connectivity index (χ0) is 24.8. The van der Waals surface area contributed by atoms with Crippen LogP contribution < -0.4 is 15.4 Å². The van der Waals surface area contributed by atoms with Crippen molar-refractivity contribution < 1.29 is 22.7 Å². The van der Waals surface area contributed by atoms with Gasteiger partial charge >= 0.3 is 0 Å². The molecule has 0 spiro atoms. The van der Waals surface area contributed by atoms with Crippen molar-refractivity contribution in [3.05, 3.63) is 66.7 Å². The van der Waals surface area contributed by atoms with Gasteiger partial charge in [-0.05, 0) is 50.0 Å².